The van der Waals surface area contributed by atoms with Crippen LogP contribution in [0.4, 0.5) is 0 Å². The molecule has 0 aliphatic carbocycles. The summed E-state index contributed by atoms with van der Waals surface area (Å²) in [6, 6.07) is 8.90. The van der Waals surface area contributed by atoms with E-state index in [1.807, 2.05) is 18.2 Å². The Morgan fingerprint density at radius 1 is 1.38 bits per heavy atom. The van der Waals surface area contributed by atoms with E-state index >= 15 is 0 Å². The van der Waals surface area contributed by atoms with Crippen molar-refractivity contribution in [3.63, 3.8) is 0 Å². The first-order valence-corrected chi connectivity index (χ1v) is 4.64. The second-order valence-electron chi connectivity index (χ2n) is 3.44. The number of hydrogen-bond acceptors (Lipinski definition) is 3. The Labute approximate surface area is 101 Å². The summed E-state index contributed by atoms with van der Waals surface area (Å²) in [7, 11) is 0. The van der Waals surface area contributed by atoms with Crippen LogP contribution in [0.1, 0.15) is 17.5 Å². The number of nitrogens with zero attached hydrogens (tertiary/aromatic N) is 1. The molecule has 5 heteroatoms. The summed E-state index contributed by atoms with van der Waals surface area (Å²) in [6.07, 6.45) is 0.772. The number of halogens is 1. The summed E-state index contributed by atoms with van der Waals surface area (Å²) in [4.78, 5) is 10.6. The smallest absolute Gasteiger partial charge is 0.218 e. The second kappa shape index (κ2) is 6.83. The minimum absolute atomic E-state index is 0. The molecule has 0 bridgehead atoms. The number of hydrogen-bond donors (Lipinski definition) is 2. The Bertz CT molecular complexity index is 383. The first-order chi connectivity index (χ1) is 7.11. The van der Waals surface area contributed by atoms with Gasteiger partial charge in [0.15, 0.2) is 0 Å². The van der Waals surface area contributed by atoms with Gasteiger partial charge in [-0.3, -0.25) is 4.79 Å². The van der Waals surface area contributed by atoms with Gasteiger partial charge in [-0.2, -0.15) is 5.26 Å². The van der Waals surface area contributed by atoms with Crippen molar-refractivity contribution in [2.24, 2.45) is 11.5 Å². The van der Waals surface area contributed by atoms with E-state index in [9.17, 15) is 4.79 Å². The van der Waals surface area contributed by atoms with E-state index in [2.05, 4.69) is 0 Å². The van der Waals surface area contributed by atoms with Crippen molar-refractivity contribution < 1.29 is 4.79 Å². The van der Waals surface area contributed by atoms with Crippen LogP contribution in [0.2, 0.25) is 0 Å². The fraction of sp³-hybridized carbons (Fsp3) is 0.273. The van der Waals surface area contributed by atoms with E-state index in [0.717, 1.165) is 5.56 Å². The molecule has 0 spiro atoms. The van der Waals surface area contributed by atoms with Gasteiger partial charge in [0, 0.05) is 12.5 Å². The van der Waals surface area contributed by atoms with Crippen molar-refractivity contribution in [2.75, 3.05) is 0 Å². The summed E-state index contributed by atoms with van der Waals surface area (Å²) in [5.74, 6) is -0.392. The number of benzene rings is 1. The molecule has 4 nitrogen and oxygen atoms in total. The summed E-state index contributed by atoms with van der Waals surface area (Å²) in [5, 5.41) is 8.59. The highest BCUT2D eigenvalue weighted by Crippen LogP contribution is 2.06. The predicted octanol–water partition coefficient (Wildman–Crippen LogP) is 0.725. The molecule has 0 unspecified atom stereocenters. The Hall–Kier alpha value is -1.57. The normalized spacial score (nSPS) is 11.0. The predicted molar refractivity (Wildman–Crippen MR) is 63.9 cm³/mol. The van der Waals surface area contributed by atoms with Crippen LogP contribution in [-0.2, 0) is 11.2 Å². The molecule has 4 N–H and O–H groups in total. The minimum Gasteiger partial charge on any atom is -0.370 e. The number of primary amides is 1. The lowest BCUT2D eigenvalue weighted by molar-refractivity contribution is -0.118. The van der Waals surface area contributed by atoms with Crippen LogP contribution in [0.15, 0.2) is 24.3 Å². The molecule has 0 saturated heterocycles. The number of rotatable bonds is 4. The van der Waals surface area contributed by atoms with Gasteiger partial charge in [-0.25, -0.2) is 0 Å². The SMILES string of the molecule is Cl.N#Cc1ccc(C[C@@H](N)CC(N)=O)cc1. The van der Waals surface area contributed by atoms with Crippen LogP contribution in [0.5, 0.6) is 0 Å². The molecule has 0 aliphatic heterocycles. The molecule has 0 fully saturated rings. The molecule has 86 valence electrons. The molecular weight excluding hydrogens is 226 g/mol. The first-order valence-electron chi connectivity index (χ1n) is 4.64. The lowest BCUT2D eigenvalue weighted by Gasteiger charge is -2.08. The van der Waals surface area contributed by atoms with Crippen molar-refractivity contribution >= 4 is 18.3 Å². The average molecular weight is 240 g/mol. The van der Waals surface area contributed by atoms with Gasteiger partial charge in [0.05, 0.1) is 11.6 Å². The maximum absolute atomic E-state index is 10.6. The molecule has 0 heterocycles. The molecule has 0 saturated carbocycles. The van der Waals surface area contributed by atoms with Gasteiger partial charge in [-0.05, 0) is 24.1 Å². The molecule has 1 atom stereocenters. The largest absolute Gasteiger partial charge is 0.370 e. The van der Waals surface area contributed by atoms with E-state index < -0.39 is 5.91 Å². The fourth-order valence-electron chi connectivity index (χ4n) is 1.35. The molecule has 16 heavy (non-hydrogen) atoms. The third-order valence-corrected chi connectivity index (χ3v) is 2.04. The van der Waals surface area contributed by atoms with Gasteiger partial charge in [0.1, 0.15) is 0 Å². The Morgan fingerprint density at radius 2 is 1.94 bits per heavy atom. The Morgan fingerprint density at radius 3 is 2.38 bits per heavy atom. The van der Waals surface area contributed by atoms with Crippen LogP contribution >= 0.6 is 12.4 Å². The van der Waals surface area contributed by atoms with Gasteiger partial charge >= 0.3 is 0 Å². The lowest BCUT2D eigenvalue weighted by atomic mass is 10.0. The molecule has 1 rings (SSSR count). The summed E-state index contributed by atoms with van der Waals surface area (Å²) in [5.41, 5.74) is 12.4. The zero-order chi connectivity index (χ0) is 11.3. The molecule has 0 aliphatic rings. The van der Waals surface area contributed by atoms with Gasteiger partial charge < -0.3 is 11.5 Å². The highest BCUT2D eigenvalue weighted by atomic mass is 35.5. The van der Waals surface area contributed by atoms with Crippen molar-refractivity contribution in [2.45, 2.75) is 18.9 Å². The number of carbonyl (C=O) groups is 1. The van der Waals surface area contributed by atoms with Crippen LogP contribution < -0.4 is 11.5 Å². The van der Waals surface area contributed by atoms with Gasteiger partial charge in [0.2, 0.25) is 5.91 Å². The summed E-state index contributed by atoms with van der Waals surface area (Å²) >= 11 is 0. The average Bonchev–Trinajstić information content (AvgIpc) is 2.17. The fourth-order valence-corrected chi connectivity index (χ4v) is 1.35. The molecule has 1 aromatic carbocycles. The van der Waals surface area contributed by atoms with Crippen molar-refractivity contribution in [1.29, 1.82) is 5.26 Å². The van der Waals surface area contributed by atoms with Crippen LogP contribution in [0.25, 0.3) is 0 Å². The molecule has 1 amide bonds. The van der Waals surface area contributed by atoms with E-state index in [4.69, 9.17) is 16.7 Å². The van der Waals surface area contributed by atoms with Crippen molar-refractivity contribution in [1.82, 2.24) is 0 Å². The zero-order valence-electron chi connectivity index (χ0n) is 8.72. The maximum Gasteiger partial charge on any atom is 0.218 e. The molecule has 0 aromatic heterocycles. The first kappa shape index (κ1) is 14.4. The van der Waals surface area contributed by atoms with Crippen LogP contribution in [0, 0.1) is 11.3 Å². The monoisotopic (exact) mass is 239 g/mol. The van der Waals surface area contributed by atoms with Crippen molar-refractivity contribution in [3.05, 3.63) is 35.4 Å². The second-order valence-corrected chi connectivity index (χ2v) is 3.44. The Kier molecular flexibility index (Phi) is 6.16. The van der Waals surface area contributed by atoms with Gasteiger partial charge in [-0.1, -0.05) is 12.1 Å². The maximum atomic E-state index is 10.6. The quantitative estimate of drug-likeness (QED) is 0.811. The van der Waals surface area contributed by atoms with E-state index in [0.29, 0.717) is 12.0 Å². The van der Waals surface area contributed by atoms with E-state index in [1.165, 1.54) is 0 Å². The minimum atomic E-state index is -0.392. The number of carbonyl (C=O) groups excluding carboxylic acids is 1. The standard InChI is InChI=1S/C11H13N3O.ClH/c12-7-9-3-1-8(2-4-9)5-10(13)6-11(14)15;/h1-4,10H,5-6,13H2,(H2,14,15);1H/t10-;/m1./s1. The third-order valence-electron chi connectivity index (χ3n) is 2.04. The summed E-state index contributed by atoms with van der Waals surface area (Å²) in [6.45, 7) is 0. The third kappa shape index (κ3) is 4.78. The molecule has 1 aromatic rings. The lowest BCUT2D eigenvalue weighted by Crippen LogP contribution is -2.29. The highest BCUT2D eigenvalue weighted by molar-refractivity contribution is 5.85. The highest BCUT2D eigenvalue weighted by Gasteiger charge is 2.07. The van der Waals surface area contributed by atoms with Gasteiger partial charge in [0.25, 0.3) is 0 Å². The van der Waals surface area contributed by atoms with E-state index in [1.54, 1.807) is 12.1 Å². The van der Waals surface area contributed by atoms with E-state index in [-0.39, 0.29) is 24.9 Å². The Balaban J connectivity index is 0.00000225. The topological polar surface area (TPSA) is 92.9 Å². The van der Waals surface area contributed by atoms with Crippen LogP contribution in [-0.4, -0.2) is 11.9 Å². The van der Waals surface area contributed by atoms with Crippen molar-refractivity contribution in [3.8, 4) is 6.07 Å². The van der Waals surface area contributed by atoms with Gasteiger partial charge in [-0.15, -0.1) is 12.4 Å². The molecule has 0 radical (unpaired) electrons. The summed E-state index contributed by atoms with van der Waals surface area (Å²) < 4.78 is 0. The van der Waals surface area contributed by atoms with Crippen LogP contribution in [0.3, 0.4) is 0 Å². The number of nitrogens with two attached hydrogens (primary N) is 2. The number of amides is 1. The molecular formula is C11H14ClN3O. The zero-order valence-corrected chi connectivity index (χ0v) is 9.54. The number of nitriles is 1.